The predicted octanol–water partition coefficient (Wildman–Crippen LogP) is 5.49. The first-order valence-corrected chi connectivity index (χ1v) is 10.5. The highest BCUT2D eigenvalue weighted by Crippen LogP contribution is 2.39. The van der Waals surface area contributed by atoms with E-state index in [9.17, 15) is 13.9 Å². The summed E-state index contributed by atoms with van der Waals surface area (Å²) in [5.74, 6) is -0.211. The molecular weight excluding hydrogens is 440 g/mol. The minimum atomic E-state index is -0.681. The van der Waals surface area contributed by atoms with Crippen molar-refractivity contribution in [2.45, 2.75) is 6.54 Å². The monoisotopic (exact) mass is 461 g/mol. The van der Waals surface area contributed by atoms with Crippen LogP contribution >= 0.6 is 0 Å². The third-order valence-corrected chi connectivity index (χ3v) is 5.83. The molecule has 2 aromatic heterocycles. The van der Waals surface area contributed by atoms with Crippen molar-refractivity contribution >= 4 is 27.5 Å². The summed E-state index contributed by atoms with van der Waals surface area (Å²) in [5.41, 5.74) is 9.50. The number of nitrogen functional groups attached to an aromatic ring is 1. The van der Waals surface area contributed by atoms with Crippen LogP contribution < -0.4 is 15.2 Å². The van der Waals surface area contributed by atoms with Crippen LogP contribution in [0.1, 0.15) is 5.56 Å². The summed E-state index contributed by atoms with van der Waals surface area (Å²) in [4.78, 5) is 4.71. The highest BCUT2D eigenvalue weighted by molar-refractivity contribution is 6.12. The summed E-state index contributed by atoms with van der Waals surface area (Å²) in [6.07, 6.45) is 1.69. The van der Waals surface area contributed by atoms with Crippen molar-refractivity contribution < 1.29 is 23.4 Å². The van der Waals surface area contributed by atoms with Crippen LogP contribution in [0, 0.1) is 11.6 Å². The summed E-state index contributed by atoms with van der Waals surface area (Å²) < 4.78 is 40.0. The zero-order valence-electron chi connectivity index (χ0n) is 18.5. The molecular formula is C26H21F2N3O3. The Hall–Kier alpha value is -4.33. The Balaban J connectivity index is 1.66. The van der Waals surface area contributed by atoms with Crippen LogP contribution in [0.3, 0.4) is 0 Å². The lowest BCUT2D eigenvalue weighted by Gasteiger charge is -2.11. The van der Waals surface area contributed by atoms with Gasteiger partial charge in [-0.1, -0.05) is 24.3 Å². The van der Waals surface area contributed by atoms with E-state index in [-0.39, 0.29) is 5.88 Å². The number of ether oxygens (including phenoxy) is 2. The van der Waals surface area contributed by atoms with Crippen LogP contribution in [0.15, 0.2) is 60.8 Å². The zero-order chi connectivity index (χ0) is 24.0. The number of benzene rings is 3. The molecule has 8 heteroatoms. The predicted molar refractivity (Wildman–Crippen MR) is 127 cm³/mol. The Morgan fingerprint density at radius 1 is 0.971 bits per heavy atom. The molecule has 0 amide bonds. The molecule has 0 saturated carbocycles. The summed E-state index contributed by atoms with van der Waals surface area (Å²) in [6, 6.07) is 14.0. The van der Waals surface area contributed by atoms with Crippen molar-refractivity contribution in [3.8, 4) is 28.5 Å². The number of pyridine rings is 1. The maximum absolute atomic E-state index is 13.9. The van der Waals surface area contributed by atoms with Gasteiger partial charge in [0.1, 0.15) is 11.6 Å². The van der Waals surface area contributed by atoms with E-state index in [0.29, 0.717) is 56.7 Å². The van der Waals surface area contributed by atoms with Crippen molar-refractivity contribution in [2.24, 2.45) is 0 Å². The summed E-state index contributed by atoms with van der Waals surface area (Å²) in [7, 11) is 3.12. The molecule has 0 bridgehead atoms. The number of aromatic nitrogens is 2. The van der Waals surface area contributed by atoms with Gasteiger partial charge in [-0.15, -0.1) is 0 Å². The van der Waals surface area contributed by atoms with Gasteiger partial charge in [0, 0.05) is 23.2 Å². The van der Waals surface area contributed by atoms with Gasteiger partial charge >= 0.3 is 0 Å². The number of hydrogen-bond donors (Lipinski definition) is 2. The van der Waals surface area contributed by atoms with E-state index < -0.39 is 11.6 Å². The Morgan fingerprint density at radius 3 is 2.41 bits per heavy atom. The van der Waals surface area contributed by atoms with Gasteiger partial charge in [-0.25, -0.2) is 13.8 Å². The average molecular weight is 461 g/mol. The summed E-state index contributed by atoms with van der Waals surface area (Å²) >= 11 is 0. The third-order valence-electron chi connectivity index (χ3n) is 5.83. The number of anilines is 1. The van der Waals surface area contributed by atoms with Crippen molar-refractivity contribution in [3.05, 3.63) is 78.0 Å². The summed E-state index contributed by atoms with van der Waals surface area (Å²) in [6.45, 7) is 0.334. The van der Waals surface area contributed by atoms with Crippen LogP contribution in [-0.2, 0) is 6.54 Å². The number of nitrogens with two attached hydrogens (primary N) is 1. The molecule has 2 heterocycles. The van der Waals surface area contributed by atoms with E-state index in [2.05, 4.69) is 0 Å². The van der Waals surface area contributed by atoms with E-state index in [1.807, 2.05) is 12.1 Å². The number of halogens is 2. The third kappa shape index (κ3) is 3.53. The lowest BCUT2D eigenvalue weighted by Crippen LogP contribution is -1.99. The Labute approximate surface area is 193 Å². The van der Waals surface area contributed by atoms with Gasteiger partial charge in [-0.05, 0) is 35.4 Å². The highest BCUT2D eigenvalue weighted by Gasteiger charge is 2.18. The maximum Gasteiger partial charge on any atom is 0.203 e. The Kier molecular flexibility index (Phi) is 5.20. The van der Waals surface area contributed by atoms with Crippen molar-refractivity contribution in [2.75, 3.05) is 20.0 Å². The maximum atomic E-state index is 13.9. The lowest BCUT2D eigenvalue weighted by molar-refractivity contribution is 0.354. The molecule has 0 aliphatic carbocycles. The fraction of sp³-hybridized carbons (Fsp3) is 0.115. The molecule has 0 saturated heterocycles. The first-order chi connectivity index (χ1) is 16.4. The van der Waals surface area contributed by atoms with E-state index in [4.69, 9.17) is 20.2 Å². The first kappa shape index (κ1) is 21.5. The number of fused-ring (bicyclic) bond motifs is 2. The van der Waals surface area contributed by atoms with Gasteiger partial charge < -0.3 is 24.9 Å². The number of methoxy groups -OCH3 is 2. The van der Waals surface area contributed by atoms with E-state index >= 15 is 0 Å². The topological polar surface area (TPSA) is 82.5 Å². The number of para-hydroxylation sites is 1. The molecule has 6 nitrogen and oxygen atoms in total. The highest BCUT2D eigenvalue weighted by atomic mass is 19.1. The Morgan fingerprint density at radius 2 is 1.71 bits per heavy atom. The first-order valence-electron chi connectivity index (χ1n) is 10.5. The fourth-order valence-electron chi connectivity index (χ4n) is 4.25. The molecule has 5 aromatic rings. The number of nitrogens with zero attached hydrogens (tertiary/aromatic N) is 2. The molecule has 3 N–H and O–H groups in total. The zero-order valence-corrected chi connectivity index (χ0v) is 18.5. The molecule has 0 aliphatic rings. The molecule has 0 unspecified atom stereocenters. The fourth-order valence-corrected chi connectivity index (χ4v) is 4.25. The second-order valence-corrected chi connectivity index (χ2v) is 7.92. The van der Waals surface area contributed by atoms with Crippen LogP contribution in [0.2, 0.25) is 0 Å². The van der Waals surface area contributed by atoms with E-state index in [1.165, 1.54) is 12.1 Å². The average Bonchev–Trinajstić information content (AvgIpc) is 3.13. The SMILES string of the molecule is COc1ccc(Cn2cc3nc4c(-c5cc(F)cc(F)c5)cccc4c(N)c3c2O)cc1OC. The number of aromatic hydroxyl groups is 1. The van der Waals surface area contributed by atoms with Crippen LogP contribution in [0.25, 0.3) is 32.9 Å². The minimum absolute atomic E-state index is 0.0288. The number of hydrogen-bond acceptors (Lipinski definition) is 5. The van der Waals surface area contributed by atoms with E-state index in [1.54, 1.807) is 49.2 Å². The normalized spacial score (nSPS) is 11.3. The lowest BCUT2D eigenvalue weighted by atomic mass is 10.00. The summed E-state index contributed by atoms with van der Waals surface area (Å²) in [5, 5.41) is 12.0. The van der Waals surface area contributed by atoms with Crippen LogP contribution in [-0.4, -0.2) is 28.9 Å². The van der Waals surface area contributed by atoms with Gasteiger partial charge in [-0.3, -0.25) is 0 Å². The molecule has 5 rings (SSSR count). The molecule has 0 atom stereocenters. The molecule has 0 aliphatic heterocycles. The standard InChI is InChI=1S/C26H21F2N3O3/c1-33-21-7-6-14(8-22(21)34-2)12-31-13-20-23(26(31)32)24(29)19-5-3-4-18(25(19)30-20)15-9-16(27)11-17(28)10-15/h3-11,13,32H,12,29H2,1-2H3. The van der Waals surface area contributed by atoms with Crippen molar-refractivity contribution in [1.29, 1.82) is 0 Å². The molecule has 0 fully saturated rings. The molecule has 0 spiro atoms. The van der Waals surface area contributed by atoms with Crippen molar-refractivity contribution in [1.82, 2.24) is 9.55 Å². The van der Waals surface area contributed by atoms with Crippen molar-refractivity contribution in [3.63, 3.8) is 0 Å². The van der Waals surface area contributed by atoms with Gasteiger partial charge in [0.05, 0.1) is 42.9 Å². The Bertz CT molecular complexity index is 1540. The molecule has 34 heavy (non-hydrogen) atoms. The quantitative estimate of drug-likeness (QED) is 0.362. The smallest absolute Gasteiger partial charge is 0.203 e. The van der Waals surface area contributed by atoms with Gasteiger partial charge in [0.25, 0.3) is 0 Å². The van der Waals surface area contributed by atoms with Crippen LogP contribution in [0.5, 0.6) is 17.4 Å². The van der Waals surface area contributed by atoms with Crippen LogP contribution in [0.4, 0.5) is 14.5 Å². The second kappa shape index (κ2) is 8.22. The molecule has 0 radical (unpaired) electrons. The van der Waals surface area contributed by atoms with E-state index in [0.717, 1.165) is 11.6 Å². The second-order valence-electron chi connectivity index (χ2n) is 7.92. The molecule has 172 valence electrons. The van der Waals surface area contributed by atoms with Gasteiger partial charge in [0.2, 0.25) is 5.88 Å². The largest absolute Gasteiger partial charge is 0.494 e. The minimum Gasteiger partial charge on any atom is -0.494 e. The number of rotatable bonds is 5. The van der Waals surface area contributed by atoms with Gasteiger partial charge in [0.15, 0.2) is 11.5 Å². The molecule has 3 aromatic carbocycles. The van der Waals surface area contributed by atoms with Gasteiger partial charge in [-0.2, -0.15) is 0 Å².